The van der Waals surface area contributed by atoms with Crippen molar-refractivity contribution in [3.05, 3.63) is 23.8 Å². The highest BCUT2D eigenvalue weighted by molar-refractivity contribution is 5.43. The van der Waals surface area contributed by atoms with Gasteiger partial charge in [-0.25, -0.2) is 0 Å². The Labute approximate surface area is 116 Å². The molecule has 0 aromatic heterocycles. The summed E-state index contributed by atoms with van der Waals surface area (Å²) >= 11 is 0. The minimum absolute atomic E-state index is 0.583. The zero-order chi connectivity index (χ0) is 13.9. The van der Waals surface area contributed by atoms with Gasteiger partial charge >= 0.3 is 0 Å². The Morgan fingerprint density at radius 1 is 0.895 bits per heavy atom. The second-order valence-corrected chi connectivity index (χ2v) is 4.56. The molecular formula is C16H23NO2. The monoisotopic (exact) mass is 261 g/mol. The first-order valence-corrected chi connectivity index (χ1v) is 7.11. The van der Waals surface area contributed by atoms with Crippen molar-refractivity contribution in [1.29, 1.82) is 5.26 Å². The first-order chi connectivity index (χ1) is 9.30. The van der Waals surface area contributed by atoms with Crippen LogP contribution in [0.4, 0.5) is 0 Å². The van der Waals surface area contributed by atoms with Crippen LogP contribution in [0.2, 0.25) is 0 Å². The molecule has 0 radical (unpaired) electrons. The van der Waals surface area contributed by atoms with Gasteiger partial charge in [-0.15, -0.1) is 0 Å². The van der Waals surface area contributed by atoms with Gasteiger partial charge in [0.1, 0.15) is 11.5 Å². The summed E-state index contributed by atoms with van der Waals surface area (Å²) < 4.78 is 11.3. The molecule has 0 aliphatic rings. The Morgan fingerprint density at radius 3 is 2.00 bits per heavy atom. The summed E-state index contributed by atoms with van der Waals surface area (Å²) in [5.41, 5.74) is 0.583. The molecule has 0 aliphatic heterocycles. The van der Waals surface area contributed by atoms with E-state index in [1.807, 2.05) is 6.07 Å². The van der Waals surface area contributed by atoms with Gasteiger partial charge in [-0.1, -0.05) is 33.1 Å². The fourth-order valence-corrected chi connectivity index (χ4v) is 1.68. The second-order valence-electron chi connectivity index (χ2n) is 4.56. The van der Waals surface area contributed by atoms with E-state index in [1.165, 1.54) is 6.42 Å². The van der Waals surface area contributed by atoms with E-state index in [9.17, 15) is 0 Å². The van der Waals surface area contributed by atoms with Crippen molar-refractivity contribution in [2.45, 2.75) is 46.0 Å². The predicted molar refractivity (Wildman–Crippen MR) is 76.6 cm³/mol. The third-order valence-corrected chi connectivity index (χ3v) is 2.79. The Hall–Kier alpha value is -1.69. The summed E-state index contributed by atoms with van der Waals surface area (Å²) in [7, 11) is 0. The number of nitriles is 1. The molecule has 0 saturated carbocycles. The van der Waals surface area contributed by atoms with E-state index >= 15 is 0 Å². The van der Waals surface area contributed by atoms with Gasteiger partial charge in [-0.3, -0.25) is 0 Å². The molecule has 0 aliphatic carbocycles. The lowest BCUT2D eigenvalue weighted by Gasteiger charge is -2.10. The zero-order valence-electron chi connectivity index (χ0n) is 11.9. The summed E-state index contributed by atoms with van der Waals surface area (Å²) in [5.74, 6) is 1.44. The van der Waals surface area contributed by atoms with Crippen molar-refractivity contribution < 1.29 is 9.47 Å². The third-order valence-electron chi connectivity index (χ3n) is 2.79. The standard InChI is InChI=1S/C16H23NO2/c1-3-5-7-9-19-16-11-14(13-17)10-15(12-16)18-8-6-4-2/h10-12H,3-9H2,1-2H3. The number of unbranched alkanes of at least 4 members (excludes halogenated alkanes) is 3. The third kappa shape index (κ3) is 6.15. The molecule has 19 heavy (non-hydrogen) atoms. The Balaban J connectivity index is 2.59. The van der Waals surface area contributed by atoms with Crippen LogP contribution in [0.1, 0.15) is 51.5 Å². The molecule has 0 bridgehead atoms. The molecule has 1 aromatic rings. The van der Waals surface area contributed by atoms with Gasteiger partial charge in [0, 0.05) is 6.07 Å². The molecule has 0 amide bonds. The highest BCUT2D eigenvalue weighted by atomic mass is 16.5. The summed E-state index contributed by atoms with van der Waals surface area (Å²) in [6.45, 7) is 5.66. The van der Waals surface area contributed by atoms with Crippen LogP contribution in [0, 0.1) is 11.3 Å². The number of ether oxygens (including phenoxy) is 2. The lowest BCUT2D eigenvalue weighted by Crippen LogP contribution is -2.00. The van der Waals surface area contributed by atoms with E-state index in [-0.39, 0.29) is 0 Å². The van der Waals surface area contributed by atoms with Gasteiger partial charge in [0.05, 0.1) is 24.8 Å². The molecule has 0 fully saturated rings. The van der Waals surface area contributed by atoms with Crippen LogP contribution in [0.5, 0.6) is 11.5 Å². The van der Waals surface area contributed by atoms with Gasteiger partial charge in [-0.05, 0) is 25.0 Å². The number of hydrogen-bond donors (Lipinski definition) is 0. The molecule has 0 spiro atoms. The Bertz CT molecular complexity index is 410. The average molecular weight is 261 g/mol. The average Bonchev–Trinajstić information content (AvgIpc) is 2.44. The second kappa shape index (κ2) is 9.27. The van der Waals surface area contributed by atoms with E-state index in [4.69, 9.17) is 14.7 Å². The van der Waals surface area contributed by atoms with Crippen molar-refractivity contribution in [3.63, 3.8) is 0 Å². The van der Waals surface area contributed by atoms with Crippen LogP contribution in [-0.4, -0.2) is 13.2 Å². The summed E-state index contributed by atoms with van der Waals surface area (Å²) in [5, 5.41) is 9.01. The van der Waals surface area contributed by atoms with E-state index < -0.39 is 0 Å². The van der Waals surface area contributed by atoms with E-state index in [2.05, 4.69) is 19.9 Å². The maximum Gasteiger partial charge on any atom is 0.124 e. The molecule has 0 heterocycles. The van der Waals surface area contributed by atoms with Crippen molar-refractivity contribution in [2.24, 2.45) is 0 Å². The number of rotatable bonds is 9. The zero-order valence-corrected chi connectivity index (χ0v) is 11.9. The normalized spacial score (nSPS) is 9.95. The molecule has 0 unspecified atom stereocenters. The van der Waals surface area contributed by atoms with Crippen molar-refractivity contribution in [2.75, 3.05) is 13.2 Å². The number of nitrogens with zero attached hydrogens (tertiary/aromatic N) is 1. The van der Waals surface area contributed by atoms with E-state index in [0.717, 1.165) is 37.2 Å². The van der Waals surface area contributed by atoms with Crippen molar-refractivity contribution >= 4 is 0 Å². The van der Waals surface area contributed by atoms with E-state index in [1.54, 1.807) is 12.1 Å². The van der Waals surface area contributed by atoms with E-state index in [0.29, 0.717) is 18.8 Å². The highest BCUT2D eigenvalue weighted by Crippen LogP contribution is 2.23. The predicted octanol–water partition coefficient (Wildman–Crippen LogP) is 4.31. The first-order valence-electron chi connectivity index (χ1n) is 7.11. The quantitative estimate of drug-likeness (QED) is 0.622. The molecule has 0 N–H and O–H groups in total. The SMILES string of the molecule is CCCCCOc1cc(C#N)cc(OCCCC)c1. The van der Waals surface area contributed by atoms with Gasteiger partial charge in [0.15, 0.2) is 0 Å². The topological polar surface area (TPSA) is 42.2 Å². The Kier molecular flexibility index (Phi) is 7.50. The van der Waals surface area contributed by atoms with Crippen LogP contribution >= 0.6 is 0 Å². The first kappa shape index (κ1) is 15.4. The maximum absolute atomic E-state index is 9.01. The Morgan fingerprint density at radius 2 is 1.47 bits per heavy atom. The molecule has 104 valence electrons. The molecule has 0 saturated heterocycles. The van der Waals surface area contributed by atoms with Gasteiger partial charge in [-0.2, -0.15) is 5.26 Å². The molecule has 1 rings (SSSR count). The summed E-state index contributed by atoms with van der Waals surface area (Å²) in [4.78, 5) is 0. The fourth-order valence-electron chi connectivity index (χ4n) is 1.68. The van der Waals surface area contributed by atoms with Crippen LogP contribution in [-0.2, 0) is 0 Å². The fraction of sp³-hybridized carbons (Fsp3) is 0.562. The molecular weight excluding hydrogens is 238 g/mol. The number of hydrogen-bond acceptors (Lipinski definition) is 3. The smallest absolute Gasteiger partial charge is 0.124 e. The summed E-state index contributed by atoms with van der Waals surface area (Å²) in [6.07, 6.45) is 5.49. The number of benzene rings is 1. The lowest BCUT2D eigenvalue weighted by atomic mass is 10.2. The summed E-state index contributed by atoms with van der Waals surface area (Å²) in [6, 6.07) is 7.52. The highest BCUT2D eigenvalue weighted by Gasteiger charge is 2.03. The largest absolute Gasteiger partial charge is 0.493 e. The van der Waals surface area contributed by atoms with Gasteiger partial charge in [0.2, 0.25) is 0 Å². The van der Waals surface area contributed by atoms with Gasteiger partial charge in [0.25, 0.3) is 0 Å². The molecule has 3 nitrogen and oxygen atoms in total. The van der Waals surface area contributed by atoms with Gasteiger partial charge < -0.3 is 9.47 Å². The molecule has 1 aromatic carbocycles. The van der Waals surface area contributed by atoms with Crippen LogP contribution in [0.15, 0.2) is 18.2 Å². The van der Waals surface area contributed by atoms with Crippen molar-refractivity contribution in [1.82, 2.24) is 0 Å². The molecule has 0 atom stereocenters. The minimum atomic E-state index is 0.583. The van der Waals surface area contributed by atoms with Crippen LogP contribution in [0.25, 0.3) is 0 Å². The minimum Gasteiger partial charge on any atom is -0.493 e. The maximum atomic E-state index is 9.01. The lowest BCUT2D eigenvalue weighted by molar-refractivity contribution is 0.292. The molecule has 3 heteroatoms. The van der Waals surface area contributed by atoms with Crippen LogP contribution in [0.3, 0.4) is 0 Å². The van der Waals surface area contributed by atoms with Crippen LogP contribution < -0.4 is 9.47 Å². The van der Waals surface area contributed by atoms with Crippen molar-refractivity contribution in [3.8, 4) is 17.6 Å².